The minimum absolute atomic E-state index is 0.00724. The van der Waals surface area contributed by atoms with Gasteiger partial charge in [0.1, 0.15) is 11.3 Å². The Kier molecular flexibility index (Phi) is 9.68. The topological polar surface area (TPSA) is 132 Å². The maximum Gasteiger partial charge on any atom is 0.261 e. The van der Waals surface area contributed by atoms with Crippen molar-refractivity contribution in [3.63, 3.8) is 0 Å². The van der Waals surface area contributed by atoms with Crippen LogP contribution in [0.1, 0.15) is 45.9 Å². The van der Waals surface area contributed by atoms with E-state index < -0.39 is 59.1 Å². The number of aromatic hydroxyl groups is 1. The Hall–Kier alpha value is -4.90. The number of phenols is 1. The van der Waals surface area contributed by atoms with Gasteiger partial charge in [-0.1, -0.05) is 48.2 Å². The van der Waals surface area contributed by atoms with Crippen molar-refractivity contribution in [3.05, 3.63) is 124 Å². The predicted octanol–water partition coefficient (Wildman–Crippen LogP) is 6.15. The smallest absolute Gasteiger partial charge is 0.261 e. The van der Waals surface area contributed by atoms with Crippen molar-refractivity contribution in [2.24, 2.45) is 0 Å². The van der Waals surface area contributed by atoms with Gasteiger partial charge in [-0.25, -0.2) is 22.0 Å². The van der Waals surface area contributed by atoms with Crippen LogP contribution in [-0.2, 0) is 16.1 Å². The summed E-state index contributed by atoms with van der Waals surface area (Å²) in [4.78, 5) is 12.5. The summed E-state index contributed by atoms with van der Waals surface area (Å²) in [5.41, 5.74) is 1.09. The summed E-state index contributed by atoms with van der Waals surface area (Å²) in [5, 5.41) is 33.6. The zero-order valence-electron chi connectivity index (χ0n) is 24.5. The molecular weight excluding hydrogens is 661 g/mol. The third-order valence-corrected chi connectivity index (χ3v) is 8.48. The van der Waals surface area contributed by atoms with E-state index >= 15 is 0 Å². The van der Waals surface area contributed by atoms with Crippen LogP contribution in [0.15, 0.2) is 78.0 Å². The van der Waals surface area contributed by atoms with E-state index in [0.717, 1.165) is 11.1 Å². The van der Waals surface area contributed by atoms with E-state index in [1.54, 1.807) is 24.3 Å². The van der Waals surface area contributed by atoms with Crippen molar-refractivity contribution in [2.75, 3.05) is 11.1 Å². The summed E-state index contributed by atoms with van der Waals surface area (Å²) in [6.45, 7) is -0.125. The molecule has 6 rings (SSSR count). The standard InChI is InChI=1S/C32H24F5N5O5S/c33-25-24(26(34)28(36)29(37)27(25)35)30(45)38-19-7-5-18(6-8-19)31-46-22(13-23(47-31)17-3-1-16(14-43)2-4-17)15-48-32-39-40-41-42(32)20-9-11-21(44)12-10-20/h1-12,22-23,31,43-44H,13-15H2,(H,38,45). The van der Waals surface area contributed by atoms with Gasteiger partial charge in [0.25, 0.3) is 5.91 Å². The molecule has 1 aromatic heterocycles. The number of carbonyl (C=O) groups excluding carboxylic acids is 1. The number of hydrogen-bond donors (Lipinski definition) is 3. The van der Waals surface area contributed by atoms with Crippen LogP contribution < -0.4 is 5.32 Å². The second-order valence-electron chi connectivity index (χ2n) is 10.6. The van der Waals surface area contributed by atoms with Crippen LogP contribution in [0.3, 0.4) is 0 Å². The van der Waals surface area contributed by atoms with Crippen molar-refractivity contribution < 1.29 is 46.4 Å². The van der Waals surface area contributed by atoms with E-state index in [2.05, 4.69) is 20.8 Å². The zero-order chi connectivity index (χ0) is 33.9. The number of ether oxygens (including phenoxy) is 2. The third-order valence-electron chi connectivity index (χ3n) is 7.43. The lowest BCUT2D eigenvalue weighted by atomic mass is 10.0. The molecule has 3 atom stereocenters. The molecule has 1 aliphatic heterocycles. The highest BCUT2D eigenvalue weighted by Gasteiger charge is 2.33. The average Bonchev–Trinajstić information content (AvgIpc) is 3.58. The fourth-order valence-electron chi connectivity index (χ4n) is 4.94. The number of halogens is 5. The molecule has 0 radical (unpaired) electrons. The van der Waals surface area contributed by atoms with Gasteiger partial charge in [-0.3, -0.25) is 4.79 Å². The molecule has 3 N–H and O–H groups in total. The Bertz CT molecular complexity index is 1900. The molecule has 0 spiro atoms. The second-order valence-corrected chi connectivity index (χ2v) is 11.6. The number of nitrogens with zero attached hydrogens (tertiary/aromatic N) is 4. The van der Waals surface area contributed by atoms with Crippen molar-refractivity contribution in [3.8, 4) is 11.4 Å². The number of phenolic OH excluding ortho intramolecular Hbond substituents is 1. The van der Waals surface area contributed by atoms with Crippen LogP contribution in [-0.4, -0.2) is 48.2 Å². The largest absolute Gasteiger partial charge is 0.508 e. The first-order valence-electron chi connectivity index (χ1n) is 14.3. The third kappa shape index (κ3) is 6.87. The Labute approximate surface area is 273 Å². The van der Waals surface area contributed by atoms with Gasteiger partial charge in [0, 0.05) is 23.4 Å². The van der Waals surface area contributed by atoms with Crippen LogP contribution >= 0.6 is 11.8 Å². The number of benzene rings is 4. The van der Waals surface area contributed by atoms with Gasteiger partial charge in [-0.2, -0.15) is 4.68 Å². The van der Waals surface area contributed by atoms with E-state index in [4.69, 9.17) is 9.47 Å². The van der Waals surface area contributed by atoms with Crippen LogP contribution in [0, 0.1) is 29.1 Å². The molecule has 48 heavy (non-hydrogen) atoms. The number of aromatic nitrogens is 4. The first kappa shape index (κ1) is 33.0. The van der Waals surface area contributed by atoms with Gasteiger partial charge in [-0.15, -0.1) is 5.10 Å². The first-order chi connectivity index (χ1) is 23.1. The Morgan fingerprint density at radius 2 is 1.48 bits per heavy atom. The van der Waals surface area contributed by atoms with Crippen LogP contribution in [0.5, 0.6) is 5.75 Å². The van der Waals surface area contributed by atoms with Crippen molar-refractivity contribution in [2.45, 2.75) is 36.7 Å². The lowest BCUT2D eigenvalue weighted by Gasteiger charge is -2.36. The molecule has 5 aromatic rings. The van der Waals surface area contributed by atoms with Crippen LogP contribution in [0.2, 0.25) is 0 Å². The molecule has 0 bridgehead atoms. The minimum atomic E-state index is -2.37. The number of nitrogens with one attached hydrogen (secondary N) is 1. The number of hydrogen-bond acceptors (Lipinski definition) is 9. The molecule has 3 unspecified atom stereocenters. The maximum atomic E-state index is 14.1. The highest BCUT2D eigenvalue weighted by molar-refractivity contribution is 7.99. The second kappa shape index (κ2) is 14.1. The average molecular weight is 686 g/mol. The Morgan fingerprint density at radius 3 is 2.12 bits per heavy atom. The molecule has 4 aromatic carbocycles. The fraction of sp³-hybridized carbons (Fsp3) is 0.188. The number of rotatable bonds is 9. The van der Waals surface area contributed by atoms with Gasteiger partial charge in [-0.05, 0) is 58.0 Å². The number of carbonyl (C=O) groups is 1. The number of aliphatic hydroxyl groups excluding tert-OH is 1. The van der Waals surface area contributed by atoms with Crippen molar-refractivity contribution in [1.82, 2.24) is 20.2 Å². The summed E-state index contributed by atoms with van der Waals surface area (Å²) in [7, 11) is 0. The summed E-state index contributed by atoms with van der Waals surface area (Å²) in [6, 6.07) is 19.4. The van der Waals surface area contributed by atoms with Gasteiger partial charge < -0.3 is 25.0 Å². The normalized spacial score (nSPS) is 17.8. The lowest BCUT2D eigenvalue weighted by molar-refractivity contribution is -0.245. The van der Waals surface area contributed by atoms with Gasteiger partial charge in [0.05, 0.1) is 24.5 Å². The van der Waals surface area contributed by atoms with Gasteiger partial charge >= 0.3 is 0 Å². The molecule has 1 fully saturated rings. The molecule has 1 saturated heterocycles. The van der Waals surface area contributed by atoms with Crippen molar-refractivity contribution >= 4 is 23.4 Å². The Balaban J connectivity index is 1.20. The summed E-state index contributed by atoms with van der Waals surface area (Å²) in [6.07, 6.45) is -1.31. The molecule has 0 saturated carbocycles. The summed E-state index contributed by atoms with van der Waals surface area (Å²) < 4.78 is 83.1. The van der Waals surface area contributed by atoms with E-state index in [-0.39, 0.29) is 18.0 Å². The van der Waals surface area contributed by atoms with E-state index in [1.807, 2.05) is 12.1 Å². The van der Waals surface area contributed by atoms with Crippen molar-refractivity contribution in [1.29, 1.82) is 0 Å². The molecule has 1 amide bonds. The quantitative estimate of drug-likeness (QED) is 0.0724. The van der Waals surface area contributed by atoms with E-state index in [1.165, 1.54) is 52.8 Å². The molecule has 10 nitrogen and oxygen atoms in total. The van der Waals surface area contributed by atoms with Crippen LogP contribution in [0.4, 0.5) is 27.6 Å². The fourth-order valence-corrected chi connectivity index (χ4v) is 5.84. The number of aliphatic hydroxyl groups is 1. The molecule has 16 heteroatoms. The van der Waals surface area contributed by atoms with E-state index in [9.17, 15) is 37.0 Å². The predicted molar refractivity (Wildman–Crippen MR) is 161 cm³/mol. The number of thioether (sulfide) groups is 1. The monoisotopic (exact) mass is 685 g/mol. The molecule has 248 valence electrons. The molecule has 2 heterocycles. The highest BCUT2D eigenvalue weighted by atomic mass is 32.2. The maximum absolute atomic E-state index is 14.1. The summed E-state index contributed by atoms with van der Waals surface area (Å²) in [5.74, 6) is -12.4. The number of tetrazole rings is 1. The van der Waals surface area contributed by atoms with Gasteiger partial charge in [0.15, 0.2) is 29.6 Å². The minimum Gasteiger partial charge on any atom is -0.508 e. The number of anilines is 1. The molecule has 0 aliphatic carbocycles. The molecular formula is C32H24F5N5O5S. The number of amides is 1. The van der Waals surface area contributed by atoms with E-state index in [0.29, 0.717) is 28.6 Å². The highest BCUT2D eigenvalue weighted by Crippen LogP contribution is 2.39. The lowest BCUT2D eigenvalue weighted by Crippen LogP contribution is -2.31. The SMILES string of the molecule is O=C(Nc1ccc(C2OC(CSc3nnnn3-c3ccc(O)cc3)CC(c3ccc(CO)cc3)O2)cc1)c1c(F)c(F)c(F)c(F)c1F. The first-order valence-corrected chi connectivity index (χ1v) is 15.3. The summed E-state index contributed by atoms with van der Waals surface area (Å²) >= 11 is 1.34. The zero-order valence-corrected chi connectivity index (χ0v) is 25.3. The molecule has 1 aliphatic rings. The Morgan fingerprint density at radius 1 is 0.854 bits per heavy atom. The van der Waals surface area contributed by atoms with Crippen LogP contribution in [0.25, 0.3) is 5.69 Å². The van der Waals surface area contributed by atoms with Gasteiger partial charge in [0.2, 0.25) is 11.0 Å².